The summed E-state index contributed by atoms with van der Waals surface area (Å²) in [6.45, 7) is 0.382. The largest absolute Gasteiger partial charge is 0.348 e. The van der Waals surface area contributed by atoms with Crippen molar-refractivity contribution in [1.29, 1.82) is 0 Å². The van der Waals surface area contributed by atoms with Crippen molar-refractivity contribution in [2.75, 3.05) is 0 Å². The highest BCUT2D eigenvalue weighted by Crippen LogP contribution is 2.14. The zero-order valence-electron chi connectivity index (χ0n) is 12.6. The number of tetrazole rings is 1. The van der Waals surface area contributed by atoms with Crippen LogP contribution in [0.1, 0.15) is 11.1 Å². The molecule has 3 aromatic rings. The Bertz CT molecular complexity index is 861. The molecule has 1 N–H and O–H groups in total. The molecule has 120 valence electrons. The summed E-state index contributed by atoms with van der Waals surface area (Å²) in [5.41, 5.74) is 2.57. The standard InChI is InChI=1S/C17H14ClN5O/c18-16-7-2-1-5-14(16)11-19-17(24)9-8-13-4-3-6-15(10-13)23-12-20-21-22-23/h1-10,12H,11H2,(H,19,24)/b9-8+. The Morgan fingerprint density at radius 1 is 1.21 bits per heavy atom. The molecule has 0 radical (unpaired) electrons. The van der Waals surface area contributed by atoms with Gasteiger partial charge in [0.2, 0.25) is 5.91 Å². The van der Waals surface area contributed by atoms with Crippen LogP contribution in [0, 0.1) is 0 Å². The van der Waals surface area contributed by atoms with Gasteiger partial charge in [-0.15, -0.1) is 5.10 Å². The number of amides is 1. The van der Waals surface area contributed by atoms with Crippen molar-refractivity contribution in [3.63, 3.8) is 0 Å². The Hall–Kier alpha value is -2.99. The maximum atomic E-state index is 11.9. The van der Waals surface area contributed by atoms with Crippen molar-refractivity contribution in [3.05, 3.63) is 77.1 Å². The van der Waals surface area contributed by atoms with E-state index in [4.69, 9.17) is 11.6 Å². The van der Waals surface area contributed by atoms with Gasteiger partial charge in [-0.05, 0) is 45.8 Å². The summed E-state index contributed by atoms with van der Waals surface area (Å²) in [6, 6.07) is 14.9. The van der Waals surface area contributed by atoms with Gasteiger partial charge in [-0.2, -0.15) is 0 Å². The van der Waals surface area contributed by atoms with Gasteiger partial charge in [0, 0.05) is 17.6 Å². The van der Waals surface area contributed by atoms with Crippen LogP contribution in [-0.2, 0) is 11.3 Å². The van der Waals surface area contributed by atoms with Gasteiger partial charge in [0.05, 0.1) is 5.69 Å². The average Bonchev–Trinajstić information content (AvgIpc) is 3.14. The quantitative estimate of drug-likeness (QED) is 0.725. The molecule has 1 heterocycles. The van der Waals surface area contributed by atoms with Gasteiger partial charge < -0.3 is 5.32 Å². The summed E-state index contributed by atoms with van der Waals surface area (Å²) in [5, 5.41) is 14.5. The van der Waals surface area contributed by atoms with Gasteiger partial charge in [-0.25, -0.2) is 4.68 Å². The van der Waals surface area contributed by atoms with E-state index in [2.05, 4.69) is 20.8 Å². The lowest BCUT2D eigenvalue weighted by Crippen LogP contribution is -2.20. The highest BCUT2D eigenvalue weighted by molar-refractivity contribution is 6.31. The second kappa shape index (κ2) is 7.52. The van der Waals surface area contributed by atoms with Crippen LogP contribution in [0.3, 0.4) is 0 Å². The van der Waals surface area contributed by atoms with Crippen molar-refractivity contribution in [2.45, 2.75) is 6.54 Å². The van der Waals surface area contributed by atoms with Gasteiger partial charge in [-0.1, -0.05) is 41.9 Å². The molecule has 0 atom stereocenters. The number of benzene rings is 2. The molecule has 0 bridgehead atoms. The third-order valence-electron chi connectivity index (χ3n) is 3.32. The first kappa shape index (κ1) is 15.9. The summed E-state index contributed by atoms with van der Waals surface area (Å²) >= 11 is 6.06. The molecule has 0 saturated heterocycles. The van der Waals surface area contributed by atoms with E-state index in [0.717, 1.165) is 16.8 Å². The number of rotatable bonds is 5. The summed E-state index contributed by atoms with van der Waals surface area (Å²) in [6.07, 6.45) is 4.73. The molecule has 0 aliphatic heterocycles. The molecule has 7 heteroatoms. The molecule has 1 aromatic heterocycles. The summed E-state index contributed by atoms with van der Waals surface area (Å²) < 4.78 is 1.55. The third-order valence-corrected chi connectivity index (χ3v) is 3.69. The smallest absolute Gasteiger partial charge is 0.244 e. The van der Waals surface area contributed by atoms with Crippen LogP contribution in [0.5, 0.6) is 0 Å². The van der Waals surface area contributed by atoms with Crippen molar-refractivity contribution in [1.82, 2.24) is 25.5 Å². The molecule has 0 unspecified atom stereocenters. The molecule has 3 rings (SSSR count). The van der Waals surface area contributed by atoms with Crippen molar-refractivity contribution in [3.8, 4) is 5.69 Å². The SMILES string of the molecule is O=C(/C=C/c1cccc(-n2cnnn2)c1)NCc1ccccc1Cl. The van der Waals surface area contributed by atoms with Gasteiger partial charge >= 0.3 is 0 Å². The molecule has 24 heavy (non-hydrogen) atoms. The first-order chi connectivity index (χ1) is 11.7. The van der Waals surface area contributed by atoms with E-state index >= 15 is 0 Å². The van der Waals surface area contributed by atoms with Gasteiger partial charge in [0.25, 0.3) is 0 Å². The predicted octanol–water partition coefficient (Wildman–Crippen LogP) is 2.65. The molecule has 0 aliphatic carbocycles. The molecule has 0 aliphatic rings. The van der Waals surface area contributed by atoms with Crippen molar-refractivity contribution < 1.29 is 4.79 Å². The molecule has 6 nitrogen and oxygen atoms in total. The van der Waals surface area contributed by atoms with E-state index in [1.54, 1.807) is 16.8 Å². The van der Waals surface area contributed by atoms with Crippen LogP contribution in [0.2, 0.25) is 5.02 Å². The minimum absolute atomic E-state index is 0.192. The molecular formula is C17H14ClN5O. The minimum atomic E-state index is -0.192. The highest BCUT2D eigenvalue weighted by Gasteiger charge is 2.01. The fourth-order valence-electron chi connectivity index (χ4n) is 2.11. The van der Waals surface area contributed by atoms with Crippen LogP contribution in [0.25, 0.3) is 11.8 Å². The minimum Gasteiger partial charge on any atom is -0.348 e. The molecule has 0 saturated carbocycles. The van der Waals surface area contributed by atoms with Crippen molar-refractivity contribution in [2.24, 2.45) is 0 Å². The molecular weight excluding hydrogens is 326 g/mol. The Kier molecular flexibility index (Phi) is 4.98. The maximum Gasteiger partial charge on any atom is 0.244 e. The summed E-state index contributed by atoms with van der Waals surface area (Å²) in [4.78, 5) is 11.9. The number of hydrogen-bond donors (Lipinski definition) is 1. The van der Waals surface area contributed by atoms with Crippen LogP contribution < -0.4 is 5.32 Å². The monoisotopic (exact) mass is 339 g/mol. The first-order valence-electron chi connectivity index (χ1n) is 7.25. The fraction of sp³-hybridized carbons (Fsp3) is 0.0588. The predicted molar refractivity (Wildman–Crippen MR) is 91.5 cm³/mol. The lowest BCUT2D eigenvalue weighted by atomic mass is 10.2. The van der Waals surface area contributed by atoms with E-state index in [1.807, 2.05) is 42.5 Å². The molecule has 1 amide bonds. The van der Waals surface area contributed by atoms with E-state index < -0.39 is 0 Å². The molecule has 2 aromatic carbocycles. The Balaban J connectivity index is 1.62. The second-order valence-electron chi connectivity index (χ2n) is 4.99. The topological polar surface area (TPSA) is 72.7 Å². The van der Waals surface area contributed by atoms with Gasteiger partial charge in [0.15, 0.2) is 0 Å². The Labute approximate surface area is 143 Å². The molecule has 0 fully saturated rings. The number of carbonyl (C=O) groups excluding carboxylic acids is 1. The number of halogens is 1. The number of carbonyl (C=O) groups is 1. The highest BCUT2D eigenvalue weighted by atomic mass is 35.5. The third kappa shape index (κ3) is 4.05. The Morgan fingerprint density at radius 3 is 2.88 bits per heavy atom. The van der Waals surface area contributed by atoms with Crippen LogP contribution in [0.15, 0.2) is 60.9 Å². The number of hydrogen-bond acceptors (Lipinski definition) is 4. The lowest BCUT2D eigenvalue weighted by molar-refractivity contribution is -0.116. The summed E-state index contributed by atoms with van der Waals surface area (Å²) in [5.74, 6) is -0.192. The fourth-order valence-corrected chi connectivity index (χ4v) is 2.31. The number of aromatic nitrogens is 4. The zero-order chi connectivity index (χ0) is 16.8. The first-order valence-corrected chi connectivity index (χ1v) is 7.63. The summed E-state index contributed by atoms with van der Waals surface area (Å²) in [7, 11) is 0. The van der Waals surface area contributed by atoms with Crippen LogP contribution in [0.4, 0.5) is 0 Å². The van der Waals surface area contributed by atoms with Crippen LogP contribution in [-0.4, -0.2) is 26.1 Å². The van der Waals surface area contributed by atoms with Crippen LogP contribution >= 0.6 is 11.6 Å². The average molecular weight is 340 g/mol. The number of nitrogens with zero attached hydrogens (tertiary/aromatic N) is 4. The van der Waals surface area contributed by atoms with Gasteiger partial charge in [0.1, 0.15) is 6.33 Å². The number of nitrogens with one attached hydrogen (secondary N) is 1. The van der Waals surface area contributed by atoms with Crippen molar-refractivity contribution >= 4 is 23.6 Å². The maximum absolute atomic E-state index is 11.9. The van der Waals surface area contributed by atoms with E-state index in [0.29, 0.717) is 11.6 Å². The van der Waals surface area contributed by atoms with E-state index in [9.17, 15) is 4.79 Å². The Morgan fingerprint density at radius 2 is 2.08 bits per heavy atom. The lowest BCUT2D eigenvalue weighted by Gasteiger charge is -2.04. The van der Waals surface area contributed by atoms with E-state index in [-0.39, 0.29) is 5.91 Å². The normalized spacial score (nSPS) is 10.9. The van der Waals surface area contributed by atoms with E-state index in [1.165, 1.54) is 12.4 Å². The molecule has 0 spiro atoms. The zero-order valence-corrected chi connectivity index (χ0v) is 13.4. The van der Waals surface area contributed by atoms with Gasteiger partial charge in [-0.3, -0.25) is 4.79 Å². The second-order valence-corrected chi connectivity index (χ2v) is 5.40.